The second kappa shape index (κ2) is 9.56. The second-order valence-corrected chi connectivity index (χ2v) is 9.68. The van der Waals surface area contributed by atoms with Gasteiger partial charge in [-0.1, -0.05) is 30.0 Å². The Labute approximate surface area is 207 Å². The van der Waals surface area contributed by atoms with Gasteiger partial charge in [0.1, 0.15) is 5.82 Å². The zero-order valence-corrected chi connectivity index (χ0v) is 20.0. The Morgan fingerprint density at radius 3 is 2.71 bits per heavy atom. The number of nitrogens with one attached hydrogen (secondary N) is 2. The summed E-state index contributed by atoms with van der Waals surface area (Å²) in [4.78, 5) is 28.8. The van der Waals surface area contributed by atoms with Crippen LogP contribution in [0.4, 0.5) is 11.4 Å². The summed E-state index contributed by atoms with van der Waals surface area (Å²) in [5.41, 5.74) is 6.39. The third-order valence-electron chi connectivity index (χ3n) is 6.32. The molecule has 0 atom stereocenters. The van der Waals surface area contributed by atoms with E-state index >= 15 is 0 Å². The van der Waals surface area contributed by atoms with E-state index in [2.05, 4.69) is 67.6 Å². The van der Waals surface area contributed by atoms with Gasteiger partial charge in [0.25, 0.3) is 0 Å². The molecule has 0 saturated carbocycles. The lowest BCUT2D eigenvalue weighted by Crippen LogP contribution is -2.36. The summed E-state index contributed by atoms with van der Waals surface area (Å²) < 4.78 is 5.48. The van der Waals surface area contributed by atoms with Gasteiger partial charge in [-0.3, -0.25) is 4.79 Å². The fourth-order valence-electron chi connectivity index (χ4n) is 4.58. The zero-order chi connectivity index (χ0) is 23.6. The number of rotatable bonds is 5. The molecule has 2 aliphatic heterocycles. The molecule has 4 heterocycles. The van der Waals surface area contributed by atoms with Crippen molar-refractivity contribution in [2.24, 2.45) is 0 Å². The number of aromatic nitrogens is 3. The highest BCUT2D eigenvalue weighted by Gasteiger charge is 2.21. The average molecular weight is 484 g/mol. The molecule has 1 fully saturated rings. The molecule has 2 aromatic heterocycles. The number of nitrogens with zero attached hydrogens (tertiary/aromatic N) is 3. The highest BCUT2D eigenvalue weighted by atomic mass is 32.2. The minimum absolute atomic E-state index is 0.0825. The SMILES string of the molecule is O=c1cc(N2CCOCC2)cc(-c2cccc3c2Sc2ccc(NCc4ncccn4)cc2C3)[nH]1. The third-order valence-corrected chi connectivity index (χ3v) is 7.62. The van der Waals surface area contributed by atoms with E-state index in [9.17, 15) is 4.79 Å². The quantitative estimate of drug-likeness (QED) is 0.385. The summed E-state index contributed by atoms with van der Waals surface area (Å²) in [5, 5.41) is 3.43. The first-order valence-electron chi connectivity index (χ1n) is 11.7. The van der Waals surface area contributed by atoms with Gasteiger partial charge in [0, 0.05) is 58.3 Å². The number of aromatic amines is 1. The Morgan fingerprint density at radius 1 is 1.00 bits per heavy atom. The van der Waals surface area contributed by atoms with E-state index in [0.29, 0.717) is 19.8 Å². The standard InChI is InChI=1S/C27H25N5O2S/c33-26-16-21(32-9-11-34-12-10-32)15-23(31-26)22-4-1-3-18-13-19-14-20(5-6-24(19)35-27(18)22)30-17-25-28-7-2-8-29-25/h1-8,14-16,30H,9-13,17H2,(H,31,33). The minimum Gasteiger partial charge on any atom is -0.378 e. The monoisotopic (exact) mass is 483 g/mol. The molecular weight excluding hydrogens is 458 g/mol. The van der Waals surface area contributed by atoms with Crippen LogP contribution in [0.3, 0.4) is 0 Å². The van der Waals surface area contributed by atoms with E-state index in [1.807, 2.05) is 6.07 Å². The van der Waals surface area contributed by atoms with E-state index in [1.54, 1.807) is 30.2 Å². The molecular formula is C27H25N5O2S. The summed E-state index contributed by atoms with van der Waals surface area (Å²) in [6.45, 7) is 3.55. The van der Waals surface area contributed by atoms with Crippen molar-refractivity contribution in [1.29, 1.82) is 0 Å². The molecule has 0 unspecified atom stereocenters. The summed E-state index contributed by atoms with van der Waals surface area (Å²) in [6.07, 6.45) is 4.36. The van der Waals surface area contributed by atoms with Gasteiger partial charge in [-0.15, -0.1) is 0 Å². The number of ether oxygens (including phenoxy) is 1. The number of hydrogen-bond acceptors (Lipinski definition) is 7. The minimum atomic E-state index is -0.0825. The Bertz CT molecular complexity index is 1420. The van der Waals surface area contributed by atoms with Gasteiger partial charge in [-0.2, -0.15) is 0 Å². The molecule has 6 rings (SSSR count). The van der Waals surface area contributed by atoms with E-state index in [4.69, 9.17) is 4.74 Å². The van der Waals surface area contributed by atoms with E-state index < -0.39 is 0 Å². The van der Waals surface area contributed by atoms with Crippen molar-refractivity contribution < 1.29 is 4.74 Å². The zero-order valence-electron chi connectivity index (χ0n) is 19.2. The summed E-state index contributed by atoms with van der Waals surface area (Å²) >= 11 is 1.77. The van der Waals surface area contributed by atoms with Gasteiger partial charge in [0.15, 0.2) is 0 Å². The first-order valence-corrected chi connectivity index (χ1v) is 12.5. The largest absolute Gasteiger partial charge is 0.378 e. The van der Waals surface area contributed by atoms with Crippen LogP contribution in [0, 0.1) is 0 Å². The van der Waals surface area contributed by atoms with Crippen molar-refractivity contribution in [2.45, 2.75) is 22.8 Å². The first kappa shape index (κ1) is 21.9. The normalized spacial score (nSPS) is 14.8. The summed E-state index contributed by atoms with van der Waals surface area (Å²) in [5.74, 6) is 0.767. The van der Waals surface area contributed by atoms with Gasteiger partial charge in [-0.25, -0.2) is 9.97 Å². The Balaban J connectivity index is 1.27. The summed E-state index contributed by atoms with van der Waals surface area (Å²) in [6, 6.07) is 18.4. The van der Waals surface area contributed by atoms with Gasteiger partial charge >= 0.3 is 0 Å². The maximum absolute atomic E-state index is 12.6. The lowest BCUT2D eigenvalue weighted by Gasteiger charge is -2.29. The van der Waals surface area contributed by atoms with Crippen LogP contribution >= 0.6 is 11.8 Å². The molecule has 7 nitrogen and oxygen atoms in total. The Kier molecular flexibility index (Phi) is 5.98. The topological polar surface area (TPSA) is 83.1 Å². The Hall–Kier alpha value is -3.62. The number of benzene rings is 2. The maximum Gasteiger partial charge on any atom is 0.250 e. The van der Waals surface area contributed by atoms with Crippen LogP contribution in [0.2, 0.25) is 0 Å². The first-order chi connectivity index (χ1) is 17.2. The average Bonchev–Trinajstić information content (AvgIpc) is 2.91. The van der Waals surface area contributed by atoms with Crippen molar-refractivity contribution in [2.75, 3.05) is 36.5 Å². The van der Waals surface area contributed by atoms with Crippen LogP contribution in [0.25, 0.3) is 11.3 Å². The molecule has 0 bridgehead atoms. The molecule has 0 radical (unpaired) electrons. The van der Waals surface area contributed by atoms with Crippen molar-refractivity contribution in [3.63, 3.8) is 0 Å². The van der Waals surface area contributed by atoms with Crippen LogP contribution in [-0.2, 0) is 17.7 Å². The Morgan fingerprint density at radius 2 is 1.86 bits per heavy atom. The van der Waals surface area contributed by atoms with Gasteiger partial charge in [0.05, 0.1) is 25.5 Å². The fraction of sp³-hybridized carbons (Fsp3) is 0.222. The van der Waals surface area contributed by atoms with Crippen LogP contribution in [0.1, 0.15) is 17.0 Å². The molecule has 0 aliphatic carbocycles. The predicted octanol–water partition coefficient (Wildman–Crippen LogP) is 4.34. The molecule has 176 valence electrons. The highest BCUT2D eigenvalue weighted by Crippen LogP contribution is 2.45. The molecule has 4 aromatic rings. The van der Waals surface area contributed by atoms with Crippen LogP contribution in [0.15, 0.2) is 81.6 Å². The second-order valence-electron chi connectivity index (χ2n) is 8.63. The maximum atomic E-state index is 12.6. The number of H-pyrrole nitrogens is 1. The molecule has 0 amide bonds. The molecule has 0 spiro atoms. The smallest absolute Gasteiger partial charge is 0.250 e. The number of hydrogen-bond donors (Lipinski definition) is 2. The van der Waals surface area contributed by atoms with Crippen molar-refractivity contribution in [3.8, 4) is 11.3 Å². The van der Waals surface area contributed by atoms with E-state index in [0.717, 1.165) is 48.0 Å². The lowest BCUT2D eigenvalue weighted by atomic mass is 9.99. The molecule has 35 heavy (non-hydrogen) atoms. The fourth-order valence-corrected chi connectivity index (χ4v) is 5.76. The molecule has 2 aromatic carbocycles. The number of fused-ring (bicyclic) bond motifs is 2. The van der Waals surface area contributed by atoms with Crippen LogP contribution in [0.5, 0.6) is 0 Å². The van der Waals surface area contributed by atoms with Gasteiger partial charge in [-0.05, 0) is 47.9 Å². The molecule has 1 saturated heterocycles. The van der Waals surface area contributed by atoms with Crippen molar-refractivity contribution >= 4 is 23.1 Å². The van der Waals surface area contributed by atoms with Gasteiger partial charge < -0.3 is 19.9 Å². The lowest BCUT2D eigenvalue weighted by molar-refractivity contribution is 0.122. The van der Waals surface area contributed by atoms with E-state index in [-0.39, 0.29) is 5.56 Å². The number of anilines is 2. The van der Waals surface area contributed by atoms with Gasteiger partial charge in [0.2, 0.25) is 5.56 Å². The number of pyridine rings is 1. The van der Waals surface area contributed by atoms with Crippen LogP contribution < -0.4 is 15.8 Å². The van der Waals surface area contributed by atoms with Crippen molar-refractivity contribution in [1.82, 2.24) is 15.0 Å². The molecule has 2 N–H and O–H groups in total. The molecule has 8 heteroatoms. The number of morpholine rings is 1. The molecule has 2 aliphatic rings. The van der Waals surface area contributed by atoms with Crippen molar-refractivity contribution in [3.05, 3.63) is 94.3 Å². The summed E-state index contributed by atoms with van der Waals surface area (Å²) in [7, 11) is 0. The van der Waals surface area contributed by atoms with E-state index in [1.165, 1.54) is 20.9 Å². The van der Waals surface area contributed by atoms with Crippen LogP contribution in [-0.4, -0.2) is 41.3 Å². The predicted molar refractivity (Wildman–Crippen MR) is 138 cm³/mol. The third kappa shape index (κ3) is 4.67. The highest BCUT2D eigenvalue weighted by molar-refractivity contribution is 7.99.